The third-order valence-corrected chi connectivity index (χ3v) is 10.1. The van der Waals surface area contributed by atoms with Crippen LogP contribution in [0.1, 0.15) is 27.7 Å². The van der Waals surface area contributed by atoms with Crippen molar-refractivity contribution in [1.82, 2.24) is 0 Å². The molecule has 1 aliphatic heterocycles. The molecule has 8 heteroatoms. The van der Waals surface area contributed by atoms with Crippen molar-refractivity contribution in [2.75, 3.05) is 0 Å². The number of benzene rings is 2. The van der Waals surface area contributed by atoms with Crippen LogP contribution in [-0.2, 0) is 9.31 Å². The molecule has 0 radical (unpaired) electrons. The summed E-state index contributed by atoms with van der Waals surface area (Å²) in [5, 5.41) is 6.27. The Morgan fingerprint density at radius 2 is 0.947 bits per heavy atom. The molecule has 38 heavy (non-hydrogen) atoms. The fraction of sp³-hybridized carbons (Fsp3) is 0.200. The van der Waals surface area contributed by atoms with E-state index in [2.05, 4.69) is 119 Å². The van der Waals surface area contributed by atoms with E-state index in [0.717, 1.165) is 13.7 Å². The second-order valence-electron chi connectivity index (χ2n) is 9.57. The number of hydrogen-bond acceptors (Lipinski definition) is 5. The van der Waals surface area contributed by atoms with E-state index in [4.69, 9.17) is 9.31 Å². The molecule has 0 spiro atoms. The smallest absolute Gasteiger partial charge is 0.399 e. The van der Waals surface area contributed by atoms with E-state index in [9.17, 15) is 0 Å². The molecular formula is C30H29BBr2O2S3. The van der Waals surface area contributed by atoms with Crippen LogP contribution in [0.15, 0.2) is 110 Å². The van der Waals surface area contributed by atoms with Gasteiger partial charge in [-0.3, -0.25) is 0 Å². The van der Waals surface area contributed by atoms with Gasteiger partial charge in [0, 0.05) is 23.5 Å². The topological polar surface area (TPSA) is 18.5 Å². The maximum Gasteiger partial charge on any atom is 0.505 e. The van der Waals surface area contributed by atoms with Crippen LogP contribution in [0.4, 0.5) is 0 Å². The van der Waals surface area contributed by atoms with Crippen LogP contribution in [0, 0.1) is 0 Å². The molecule has 1 saturated heterocycles. The molecular weight excluding hydrogens is 659 g/mol. The molecule has 1 fully saturated rings. The summed E-state index contributed by atoms with van der Waals surface area (Å²) in [6.45, 7) is 8.28. The van der Waals surface area contributed by atoms with Gasteiger partial charge in [-0.25, -0.2) is 0 Å². The van der Waals surface area contributed by atoms with Crippen LogP contribution < -0.4 is 4.78 Å². The number of thiophene rings is 3. The predicted octanol–water partition coefficient (Wildman–Crippen LogP) is 10.4. The van der Waals surface area contributed by atoms with Gasteiger partial charge >= 0.3 is 7.12 Å². The average molecular weight is 688 g/mol. The lowest BCUT2D eigenvalue weighted by Gasteiger charge is -2.32. The second-order valence-corrected chi connectivity index (χ2v) is 14.3. The van der Waals surface area contributed by atoms with E-state index in [-0.39, 0.29) is 18.3 Å². The minimum atomic E-state index is -0.234. The first-order chi connectivity index (χ1) is 18.1. The van der Waals surface area contributed by atoms with Gasteiger partial charge in [-0.1, -0.05) is 80.4 Å². The minimum absolute atomic E-state index is 0.194. The summed E-state index contributed by atoms with van der Waals surface area (Å²) >= 11 is 11.9. The fourth-order valence-electron chi connectivity index (χ4n) is 3.50. The maximum atomic E-state index is 5.90. The molecule has 6 rings (SSSR count). The molecule has 0 amide bonds. The van der Waals surface area contributed by atoms with Crippen molar-refractivity contribution in [3.8, 4) is 20.9 Å². The Kier molecular flexibility index (Phi) is 10.3. The van der Waals surface area contributed by atoms with Crippen molar-refractivity contribution in [2.45, 2.75) is 38.9 Å². The molecule has 0 unspecified atom stereocenters. The zero-order valence-corrected chi connectivity index (χ0v) is 27.3. The highest BCUT2D eigenvalue weighted by Gasteiger charge is 2.52. The first-order valence-corrected chi connectivity index (χ1v) is 16.3. The van der Waals surface area contributed by atoms with Crippen molar-refractivity contribution in [1.29, 1.82) is 0 Å². The SMILES string of the molecule is Brc1ccc(Br)cc1.CC1(C)OB(c2cccs2)OC1(C)C.c1csc(-c2ccc(-c3cccs3)cc2)c1. The van der Waals surface area contributed by atoms with Crippen LogP contribution in [0.3, 0.4) is 0 Å². The van der Waals surface area contributed by atoms with Crippen LogP contribution in [0.5, 0.6) is 0 Å². The molecule has 4 heterocycles. The van der Waals surface area contributed by atoms with E-state index in [0.29, 0.717) is 0 Å². The van der Waals surface area contributed by atoms with Crippen LogP contribution in [0.25, 0.3) is 20.9 Å². The number of hydrogen-bond donors (Lipinski definition) is 0. The van der Waals surface area contributed by atoms with Crippen molar-refractivity contribution < 1.29 is 9.31 Å². The summed E-state index contributed by atoms with van der Waals surface area (Å²) in [7, 11) is -0.194. The molecule has 0 atom stereocenters. The Hall–Kier alpha value is -1.52. The highest BCUT2D eigenvalue weighted by Crippen LogP contribution is 2.36. The monoisotopic (exact) mass is 686 g/mol. The first kappa shape index (κ1) is 29.5. The third-order valence-electron chi connectivity index (χ3n) is 6.33. The summed E-state index contributed by atoms with van der Waals surface area (Å²) in [6, 6.07) is 29.3. The molecule has 0 aliphatic carbocycles. The van der Waals surface area contributed by atoms with Gasteiger partial charge < -0.3 is 9.31 Å². The summed E-state index contributed by atoms with van der Waals surface area (Å²) < 4.78 is 15.2. The van der Waals surface area contributed by atoms with Crippen molar-refractivity contribution >= 4 is 77.8 Å². The third kappa shape index (κ3) is 7.78. The second kappa shape index (κ2) is 13.2. The predicted molar refractivity (Wildman–Crippen MR) is 175 cm³/mol. The van der Waals surface area contributed by atoms with E-state index in [1.165, 1.54) is 20.9 Å². The Labute approximate surface area is 255 Å². The lowest BCUT2D eigenvalue weighted by Crippen LogP contribution is -2.41. The van der Waals surface area contributed by atoms with Gasteiger partial charge in [0.2, 0.25) is 0 Å². The average Bonchev–Trinajstić information content (AvgIpc) is 3.71. The Morgan fingerprint density at radius 1 is 0.553 bits per heavy atom. The molecule has 2 aromatic carbocycles. The lowest BCUT2D eigenvalue weighted by molar-refractivity contribution is 0.00578. The largest absolute Gasteiger partial charge is 0.505 e. The molecule has 5 aromatic rings. The van der Waals surface area contributed by atoms with Gasteiger partial charge in [0.1, 0.15) is 0 Å². The highest BCUT2D eigenvalue weighted by atomic mass is 79.9. The summed E-state index contributed by atoms with van der Waals surface area (Å²) in [4.78, 5) is 2.66. The van der Waals surface area contributed by atoms with Gasteiger partial charge in [0.15, 0.2) is 0 Å². The Bertz CT molecular complexity index is 1270. The van der Waals surface area contributed by atoms with E-state index in [1.54, 1.807) is 34.0 Å². The van der Waals surface area contributed by atoms with Gasteiger partial charge in [-0.15, -0.1) is 22.7 Å². The van der Waals surface area contributed by atoms with Crippen molar-refractivity contribution in [3.63, 3.8) is 0 Å². The van der Waals surface area contributed by atoms with Crippen LogP contribution in [0.2, 0.25) is 0 Å². The molecule has 1 aliphatic rings. The van der Waals surface area contributed by atoms with E-state index >= 15 is 0 Å². The van der Waals surface area contributed by atoms with E-state index in [1.807, 2.05) is 41.8 Å². The summed E-state index contributed by atoms with van der Waals surface area (Å²) in [5.74, 6) is 0. The van der Waals surface area contributed by atoms with Crippen molar-refractivity contribution in [2.24, 2.45) is 0 Å². The molecule has 0 saturated carbocycles. The normalized spacial score (nSPS) is 15.3. The van der Waals surface area contributed by atoms with Crippen LogP contribution in [-0.4, -0.2) is 18.3 Å². The Balaban J connectivity index is 0.000000140. The molecule has 3 aromatic heterocycles. The minimum Gasteiger partial charge on any atom is -0.399 e. The zero-order chi connectivity index (χ0) is 27.2. The quantitative estimate of drug-likeness (QED) is 0.176. The molecule has 196 valence electrons. The van der Waals surface area contributed by atoms with Crippen LogP contribution >= 0.6 is 65.9 Å². The summed E-state index contributed by atoms with van der Waals surface area (Å²) in [6.07, 6.45) is 0. The van der Waals surface area contributed by atoms with Gasteiger partial charge in [-0.05, 0) is 91.4 Å². The van der Waals surface area contributed by atoms with Gasteiger partial charge in [0.25, 0.3) is 0 Å². The number of rotatable bonds is 3. The number of halogens is 2. The van der Waals surface area contributed by atoms with E-state index < -0.39 is 0 Å². The molecule has 0 N–H and O–H groups in total. The van der Waals surface area contributed by atoms with Gasteiger partial charge in [-0.2, -0.15) is 11.3 Å². The summed E-state index contributed by atoms with van der Waals surface area (Å²) in [5.41, 5.74) is 2.13. The maximum absolute atomic E-state index is 5.90. The zero-order valence-electron chi connectivity index (χ0n) is 21.7. The Morgan fingerprint density at radius 3 is 1.29 bits per heavy atom. The first-order valence-electron chi connectivity index (χ1n) is 12.1. The molecule has 0 bridgehead atoms. The highest BCUT2D eigenvalue weighted by molar-refractivity contribution is 9.11. The fourth-order valence-corrected chi connectivity index (χ4v) is 6.17. The van der Waals surface area contributed by atoms with Crippen molar-refractivity contribution in [3.05, 3.63) is 110 Å². The molecule has 2 nitrogen and oxygen atoms in total. The lowest BCUT2D eigenvalue weighted by atomic mass is 9.88. The van der Waals surface area contributed by atoms with Gasteiger partial charge in [0.05, 0.1) is 11.2 Å². The standard InChI is InChI=1S/C14H10S2.C10H15BO2S.C6H4Br2/c1-3-13(15-9-1)11-5-7-12(8-6-11)14-4-2-10-16-14;1-9(2)10(3,4)13-11(12-9)8-6-5-7-14-8;7-5-1-2-6(8)4-3-5/h1-10H;5-7H,1-4H3;1-4H.